The van der Waals surface area contributed by atoms with Crippen LogP contribution in [0.3, 0.4) is 0 Å². The van der Waals surface area contributed by atoms with Gasteiger partial charge in [0, 0.05) is 18.9 Å². The fraction of sp³-hybridized carbons (Fsp3) is 0.167. The lowest BCUT2D eigenvalue weighted by atomic mass is 10.1. The highest BCUT2D eigenvalue weighted by Crippen LogP contribution is 2.34. The molecule has 0 atom stereocenters. The van der Waals surface area contributed by atoms with E-state index in [4.69, 9.17) is 21.1 Å². The molecule has 0 saturated carbocycles. The highest BCUT2D eigenvalue weighted by atomic mass is 35.5. The SMILES string of the molecule is Clc1cc2c(NCCc3ccc4c(c3)OCO4)nc(-n3cccn3)nc2s1. The van der Waals surface area contributed by atoms with Crippen molar-refractivity contribution in [2.24, 2.45) is 0 Å². The smallest absolute Gasteiger partial charge is 0.253 e. The number of nitrogens with zero attached hydrogens (tertiary/aromatic N) is 4. The summed E-state index contributed by atoms with van der Waals surface area (Å²) in [5.41, 5.74) is 1.16. The zero-order chi connectivity index (χ0) is 18.2. The fourth-order valence-electron chi connectivity index (χ4n) is 2.93. The Balaban J connectivity index is 1.39. The van der Waals surface area contributed by atoms with E-state index < -0.39 is 0 Å². The summed E-state index contributed by atoms with van der Waals surface area (Å²) in [7, 11) is 0. The third-order valence-electron chi connectivity index (χ3n) is 4.20. The van der Waals surface area contributed by atoms with Crippen molar-refractivity contribution in [1.29, 1.82) is 0 Å². The summed E-state index contributed by atoms with van der Waals surface area (Å²) in [6.07, 6.45) is 4.32. The third kappa shape index (κ3) is 3.17. The summed E-state index contributed by atoms with van der Waals surface area (Å²) < 4.78 is 13.1. The standard InChI is InChI=1S/C18H14ClN5O2S/c19-15-9-12-16(22-18(23-17(12)27-15)24-7-1-5-21-24)20-6-4-11-2-3-13-14(8-11)26-10-25-13/h1-3,5,7-9H,4,6,10H2,(H,20,22,23). The summed E-state index contributed by atoms with van der Waals surface area (Å²) in [4.78, 5) is 10.0. The summed E-state index contributed by atoms with van der Waals surface area (Å²) in [6, 6.07) is 9.71. The summed E-state index contributed by atoms with van der Waals surface area (Å²) in [5, 5.41) is 8.52. The number of halogens is 1. The van der Waals surface area contributed by atoms with Crippen LogP contribution in [0.4, 0.5) is 5.82 Å². The van der Waals surface area contributed by atoms with Crippen LogP contribution in [-0.4, -0.2) is 33.1 Å². The van der Waals surface area contributed by atoms with Gasteiger partial charge in [-0.05, 0) is 36.2 Å². The van der Waals surface area contributed by atoms with Crippen LogP contribution in [-0.2, 0) is 6.42 Å². The number of rotatable bonds is 5. The molecule has 9 heteroatoms. The molecule has 0 aliphatic carbocycles. The minimum absolute atomic E-state index is 0.283. The van der Waals surface area contributed by atoms with E-state index in [-0.39, 0.29) is 6.79 Å². The molecule has 7 nitrogen and oxygen atoms in total. The van der Waals surface area contributed by atoms with Crippen molar-refractivity contribution in [3.8, 4) is 17.4 Å². The molecule has 1 aromatic carbocycles. The van der Waals surface area contributed by atoms with Crippen LogP contribution in [0.15, 0.2) is 42.7 Å². The van der Waals surface area contributed by atoms with Crippen molar-refractivity contribution in [3.05, 3.63) is 52.6 Å². The number of benzene rings is 1. The van der Waals surface area contributed by atoms with Gasteiger partial charge in [-0.1, -0.05) is 17.7 Å². The molecule has 136 valence electrons. The quantitative estimate of drug-likeness (QED) is 0.548. The van der Waals surface area contributed by atoms with E-state index in [1.807, 2.05) is 36.5 Å². The highest BCUT2D eigenvalue weighted by Gasteiger charge is 2.14. The van der Waals surface area contributed by atoms with E-state index in [0.717, 1.165) is 39.5 Å². The van der Waals surface area contributed by atoms with Crippen LogP contribution in [0, 0.1) is 0 Å². The molecule has 0 amide bonds. The molecule has 27 heavy (non-hydrogen) atoms. The first-order chi connectivity index (χ1) is 13.3. The van der Waals surface area contributed by atoms with Crippen LogP contribution in [0.5, 0.6) is 11.5 Å². The Labute approximate surface area is 163 Å². The first-order valence-electron chi connectivity index (χ1n) is 8.36. The molecule has 0 unspecified atom stereocenters. The number of ether oxygens (including phenoxy) is 2. The average Bonchev–Trinajstić information content (AvgIpc) is 3.41. The Bertz CT molecular complexity index is 1110. The normalized spacial score (nSPS) is 12.6. The van der Waals surface area contributed by atoms with Gasteiger partial charge in [0.1, 0.15) is 10.6 Å². The zero-order valence-corrected chi connectivity index (χ0v) is 15.6. The minimum Gasteiger partial charge on any atom is -0.454 e. The van der Waals surface area contributed by atoms with E-state index in [1.165, 1.54) is 11.3 Å². The Kier molecular flexibility index (Phi) is 4.06. The Hall–Kier alpha value is -2.84. The van der Waals surface area contributed by atoms with Gasteiger partial charge in [0.2, 0.25) is 6.79 Å². The topological polar surface area (TPSA) is 74.1 Å². The van der Waals surface area contributed by atoms with E-state index >= 15 is 0 Å². The number of aromatic nitrogens is 4. The first-order valence-corrected chi connectivity index (χ1v) is 9.55. The minimum atomic E-state index is 0.283. The zero-order valence-electron chi connectivity index (χ0n) is 14.1. The molecule has 0 fully saturated rings. The molecule has 1 aliphatic heterocycles. The lowest BCUT2D eigenvalue weighted by molar-refractivity contribution is 0.174. The Morgan fingerprint density at radius 3 is 3.00 bits per heavy atom. The van der Waals surface area contributed by atoms with Gasteiger partial charge in [-0.3, -0.25) is 0 Å². The Morgan fingerprint density at radius 2 is 2.11 bits per heavy atom. The predicted molar refractivity (Wildman–Crippen MR) is 104 cm³/mol. The van der Waals surface area contributed by atoms with E-state index in [0.29, 0.717) is 16.8 Å². The molecule has 4 aromatic rings. The van der Waals surface area contributed by atoms with Crippen molar-refractivity contribution in [3.63, 3.8) is 0 Å². The van der Waals surface area contributed by atoms with Gasteiger partial charge < -0.3 is 14.8 Å². The summed E-state index contributed by atoms with van der Waals surface area (Å²) in [6.45, 7) is 0.989. The second-order valence-electron chi connectivity index (χ2n) is 5.96. The predicted octanol–water partition coefficient (Wildman–Crippen LogP) is 3.91. The van der Waals surface area contributed by atoms with Gasteiger partial charge in [0.25, 0.3) is 5.95 Å². The van der Waals surface area contributed by atoms with Crippen molar-refractivity contribution in [2.75, 3.05) is 18.7 Å². The highest BCUT2D eigenvalue weighted by molar-refractivity contribution is 7.22. The second-order valence-corrected chi connectivity index (χ2v) is 7.62. The molecule has 5 rings (SSSR count). The fourth-order valence-corrected chi connectivity index (χ4v) is 4.01. The average molecular weight is 400 g/mol. The lowest BCUT2D eigenvalue weighted by Crippen LogP contribution is -2.09. The number of nitrogens with one attached hydrogen (secondary N) is 1. The molecule has 0 saturated heterocycles. The number of hydrogen-bond acceptors (Lipinski definition) is 7. The molecule has 1 N–H and O–H groups in total. The molecule has 4 heterocycles. The maximum Gasteiger partial charge on any atom is 0.253 e. The van der Waals surface area contributed by atoms with Crippen LogP contribution >= 0.6 is 22.9 Å². The lowest BCUT2D eigenvalue weighted by Gasteiger charge is -2.09. The third-order valence-corrected chi connectivity index (χ3v) is 5.36. The Morgan fingerprint density at radius 1 is 1.19 bits per heavy atom. The van der Waals surface area contributed by atoms with Gasteiger partial charge >= 0.3 is 0 Å². The van der Waals surface area contributed by atoms with Gasteiger partial charge in [-0.15, -0.1) is 11.3 Å². The van der Waals surface area contributed by atoms with Crippen molar-refractivity contribution >= 4 is 39.0 Å². The maximum atomic E-state index is 6.19. The molecule has 1 aliphatic rings. The number of hydrogen-bond donors (Lipinski definition) is 1. The van der Waals surface area contributed by atoms with E-state index in [2.05, 4.69) is 20.4 Å². The first kappa shape index (κ1) is 16.3. The van der Waals surface area contributed by atoms with E-state index in [9.17, 15) is 0 Å². The van der Waals surface area contributed by atoms with Crippen LogP contribution in [0.25, 0.3) is 16.2 Å². The molecular formula is C18H14ClN5O2S. The molecule has 3 aromatic heterocycles. The molecular weight excluding hydrogens is 386 g/mol. The molecule has 0 radical (unpaired) electrons. The summed E-state index contributed by atoms with van der Waals surface area (Å²) in [5.74, 6) is 2.84. The number of anilines is 1. The second kappa shape index (κ2) is 6.71. The van der Waals surface area contributed by atoms with Gasteiger partial charge in [0.05, 0.1) is 9.72 Å². The van der Waals surface area contributed by atoms with Gasteiger partial charge in [0.15, 0.2) is 11.5 Å². The monoisotopic (exact) mass is 399 g/mol. The summed E-state index contributed by atoms with van der Waals surface area (Å²) >= 11 is 7.61. The van der Waals surface area contributed by atoms with Crippen LogP contribution in [0.2, 0.25) is 4.34 Å². The number of thiophene rings is 1. The van der Waals surface area contributed by atoms with Crippen LogP contribution < -0.4 is 14.8 Å². The van der Waals surface area contributed by atoms with E-state index in [1.54, 1.807) is 10.9 Å². The van der Waals surface area contributed by atoms with Gasteiger partial charge in [-0.25, -0.2) is 4.68 Å². The van der Waals surface area contributed by atoms with Crippen molar-refractivity contribution in [1.82, 2.24) is 19.7 Å². The largest absolute Gasteiger partial charge is 0.454 e. The number of fused-ring (bicyclic) bond motifs is 2. The molecule has 0 spiro atoms. The van der Waals surface area contributed by atoms with Gasteiger partial charge in [-0.2, -0.15) is 15.1 Å². The molecule has 0 bridgehead atoms. The van der Waals surface area contributed by atoms with Crippen LogP contribution in [0.1, 0.15) is 5.56 Å². The van der Waals surface area contributed by atoms with Crippen molar-refractivity contribution in [2.45, 2.75) is 6.42 Å². The maximum absolute atomic E-state index is 6.19. The van der Waals surface area contributed by atoms with Crippen molar-refractivity contribution < 1.29 is 9.47 Å².